The minimum atomic E-state index is -0.887. The number of alkyl halides is 1. The molecule has 4 amide bonds. The summed E-state index contributed by atoms with van der Waals surface area (Å²) in [5.74, 6) is -2.11. The molecule has 9 heteroatoms. The van der Waals surface area contributed by atoms with Crippen LogP contribution in [0.15, 0.2) is 109 Å². The van der Waals surface area contributed by atoms with Gasteiger partial charge in [-0.3, -0.25) is 33.8 Å². The Balaban J connectivity index is 0.000000208. The number of imide groups is 2. The molecule has 0 saturated carbocycles. The van der Waals surface area contributed by atoms with Gasteiger partial charge < -0.3 is 5.11 Å². The van der Waals surface area contributed by atoms with Crippen LogP contribution in [0.4, 0.5) is 0 Å². The maximum atomic E-state index is 12.7. The van der Waals surface area contributed by atoms with Crippen molar-refractivity contribution >= 4 is 41.0 Å². The van der Waals surface area contributed by atoms with Crippen molar-refractivity contribution < 1.29 is 29.1 Å². The summed E-state index contributed by atoms with van der Waals surface area (Å²) >= 11 is 5.70. The lowest BCUT2D eigenvalue weighted by Gasteiger charge is -2.30. The smallest absolute Gasteiger partial charge is 0.262 e. The van der Waals surface area contributed by atoms with Gasteiger partial charge in [-0.15, -0.1) is 11.6 Å². The highest BCUT2D eigenvalue weighted by molar-refractivity contribution is 6.30. The summed E-state index contributed by atoms with van der Waals surface area (Å²) in [7, 11) is 0. The van der Waals surface area contributed by atoms with Gasteiger partial charge in [0.25, 0.3) is 23.6 Å². The lowest BCUT2D eigenvalue weighted by Crippen LogP contribution is -2.48. The molecule has 0 unspecified atom stereocenters. The van der Waals surface area contributed by atoms with Crippen molar-refractivity contribution in [1.82, 2.24) is 9.80 Å². The van der Waals surface area contributed by atoms with Gasteiger partial charge in [-0.1, -0.05) is 99.3 Å². The Bertz CT molecular complexity index is 1690. The van der Waals surface area contributed by atoms with Crippen LogP contribution in [-0.2, 0) is 17.6 Å². The Labute approximate surface area is 279 Å². The number of nitrogens with zero attached hydrogens (tertiary/aromatic N) is 2. The van der Waals surface area contributed by atoms with Crippen LogP contribution >= 0.6 is 11.6 Å². The second kappa shape index (κ2) is 15.6. The molecular formula is C38H37ClN2O6. The molecule has 0 bridgehead atoms. The van der Waals surface area contributed by atoms with Crippen molar-refractivity contribution in [2.45, 2.75) is 51.8 Å². The van der Waals surface area contributed by atoms with E-state index < -0.39 is 30.0 Å². The van der Waals surface area contributed by atoms with E-state index in [1.165, 1.54) is 4.90 Å². The van der Waals surface area contributed by atoms with E-state index in [0.29, 0.717) is 35.1 Å². The van der Waals surface area contributed by atoms with Crippen molar-refractivity contribution in [2.75, 3.05) is 5.88 Å². The van der Waals surface area contributed by atoms with Gasteiger partial charge in [-0.25, -0.2) is 0 Å². The van der Waals surface area contributed by atoms with Crippen LogP contribution in [0.2, 0.25) is 0 Å². The molecular weight excluding hydrogens is 616 g/mol. The lowest BCUT2D eigenvalue weighted by atomic mass is 9.98. The Morgan fingerprint density at radius 1 is 0.617 bits per heavy atom. The number of carbonyl (C=O) groups is 5. The van der Waals surface area contributed by atoms with E-state index in [-0.39, 0.29) is 37.3 Å². The van der Waals surface area contributed by atoms with E-state index in [1.54, 1.807) is 48.5 Å². The fourth-order valence-corrected chi connectivity index (χ4v) is 5.98. The zero-order valence-corrected chi connectivity index (χ0v) is 26.0. The number of ketones is 1. The molecule has 8 nitrogen and oxygen atoms in total. The summed E-state index contributed by atoms with van der Waals surface area (Å²) in [5.41, 5.74) is 3.35. The third kappa shape index (κ3) is 7.24. The van der Waals surface area contributed by atoms with E-state index in [4.69, 9.17) is 11.6 Å². The first kappa shape index (κ1) is 34.9. The van der Waals surface area contributed by atoms with E-state index in [9.17, 15) is 29.1 Å². The first-order chi connectivity index (χ1) is 22.3. The van der Waals surface area contributed by atoms with Gasteiger partial charge >= 0.3 is 0 Å². The average molecular weight is 653 g/mol. The molecule has 2 aliphatic rings. The fourth-order valence-electron chi connectivity index (χ4n) is 5.80. The molecule has 2 aliphatic heterocycles. The van der Waals surface area contributed by atoms with Crippen molar-refractivity contribution in [3.8, 4) is 0 Å². The van der Waals surface area contributed by atoms with E-state index in [2.05, 4.69) is 0 Å². The van der Waals surface area contributed by atoms with Crippen LogP contribution in [0.5, 0.6) is 0 Å². The molecule has 0 aromatic heterocycles. The Kier molecular flexibility index (Phi) is 11.6. The number of hydrogen-bond donors (Lipinski definition) is 1. The molecule has 4 aromatic carbocycles. The van der Waals surface area contributed by atoms with E-state index in [1.807, 2.05) is 67.6 Å². The monoisotopic (exact) mass is 652 g/mol. The van der Waals surface area contributed by atoms with Gasteiger partial charge in [0, 0.05) is 6.42 Å². The summed E-state index contributed by atoms with van der Waals surface area (Å²) in [6.07, 6.45) is 0.432. The topological polar surface area (TPSA) is 112 Å². The molecule has 4 aromatic rings. The zero-order valence-electron chi connectivity index (χ0n) is 25.2. The minimum Gasteiger partial charge on any atom is -0.391 e. The SMILES string of the molecule is C.CC[C@H](O)[C@H](Cc1ccccc1)N1C(=O)c2ccccc2C1=O.O=C(CCl)[C@H](Cc1ccccc1)N1C(=O)c2ccccc2C1=O. The third-order valence-electron chi connectivity index (χ3n) is 8.22. The molecule has 1 N–H and O–H groups in total. The average Bonchev–Trinajstić information content (AvgIpc) is 3.50. The standard InChI is InChI=1S/C19H19NO3.C18H14ClNO3.CH4/c1-2-17(21)16(12-13-8-4-3-5-9-13)20-18(22)14-10-6-7-11-15(14)19(20)23;19-11-16(21)15(10-12-6-2-1-3-7-12)20-17(22)13-8-4-5-9-14(13)18(20)23;/h3-11,16-17,21H,2,12H2,1H3;1-9,15H,10-11H2;1H4/t16-,17-;15-;/m00./s1. The van der Waals surface area contributed by atoms with Crippen molar-refractivity contribution in [3.05, 3.63) is 143 Å². The van der Waals surface area contributed by atoms with Gasteiger partial charge in [-0.2, -0.15) is 0 Å². The maximum absolute atomic E-state index is 12.7. The predicted molar refractivity (Wildman–Crippen MR) is 181 cm³/mol. The largest absolute Gasteiger partial charge is 0.391 e. The number of rotatable bonds is 10. The fraction of sp³-hybridized carbons (Fsp3) is 0.237. The second-order valence-corrected chi connectivity index (χ2v) is 11.4. The first-order valence-corrected chi connectivity index (χ1v) is 15.6. The highest BCUT2D eigenvalue weighted by Crippen LogP contribution is 2.28. The molecule has 47 heavy (non-hydrogen) atoms. The van der Waals surface area contributed by atoms with Gasteiger partial charge in [0.15, 0.2) is 5.78 Å². The summed E-state index contributed by atoms with van der Waals surface area (Å²) in [4.78, 5) is 65.0. The molecule has 0 radical (unpaired) electrons. The van der Waals surface area contributed by atoms with Gasteiger partial charge in [0.05, 0.1) is 40.3 Å². The molecule has 3 atom stereocenters. The summed E-state index contributed by atoms with van der Waals surface area (Å²) in [6, 6.07) is 30.8. The number of halogens is 1. The Hall–Kier alpha value is -4.92. The van der Waals surface area contributed by atoms with Gasteiger partial charge in [0.1, 0.15) is 6.04 Å². The minimum absolute atomic E-state index is 0. The molecule has 2 heterocycles. The highest BCUT2D eigenvalue weighted by atomic mass is 35.5. The predicted octanol–water partition coefficient (Wildman–Crippen LogP) is 6.00. The molecule has 6 rings (SSSR count). The molecule has 0 aliphatic carbocycles. The molecule has 0 spiro atoms. The number of aliphatic hydroxyl groups excluding tert-OH is 1. The number of fused-ring (bicyclic) bond motifs is 2. The molecule has 242 valence electrons. The summed E-state index contributed by atoms with van der Waals surface area (Å²) < 4.78 is 0. The zero-order chi connectivity index (χ0) is 32.8. The number of hydrogen-bond acceptors (Lipinski definition) is 6. The number of Topliss-reactive ketones (excluding diaryl/α,β-unsaturated/α-hetero) is 1. The normalized spacial score (nSPS) is 15.2. The van der Waals surface area contributed by atoms with Crippen LogP contribution in [0.1, 0.15) is 73.3 Å². The van der Waals surface area contributed by atoms with Crippen molar-refractivity contribution in [1.29, 1.82) is 0 Å². The molecule has 0 fully saturated rings. The lowest BCUT2D eigenvalue weighted by molar-refractivity contribution is -0.120. The Morgan fingerprint density at radius 2 is 0.979 bits per heavy atom. The summed E-state index contributed by atoms with van der Waals surface area (Å²) in [6.45, 7) is 1.85. The van der Waals surface area contributed by atoms with Crippen LogP contribution in [0, 0.1) is 0 Å². The number of aliphatic hydroxyl groups is 1. The van der Waals surface area contributed by atoms with Crippen LogP contribution in [0.25, 0.3) is 0 Å². The number of carbonyl (C=O) groups excluding carboxylic acids is 5. The highest BCUT2D eigenvalue weighted by Gasteiger charge is 2.43. The van der Waals surface area contributed by atoms with E-state index in [0.717, 1.165) is 16.0 Å². The van der Waals surface area contributed by atoms with Crippen molar-refractivity contribution in [3.63, 3.8) is 0 Å². The quantitative estimate of drug-likeness (QED) is 0.166. The van der Waals surface area contributed by atoms with Crippen LogP contribution < -0.4 is 0 Å². The Morgan fingerprint density at radius 3 is 1.36 bits per heavy atom. The number of amides is 4. The van der Waals surface area contributed by atoms with Gasteiger partial charge in [0.2, 0.25) is 0 Å². The third-order valence-corrected chi connectivity index (χ3v) is 8.48. The van der Waals surface area contributed by atoms with Crippen LogP contribution in [0.3, 0.4) is 0 Å². The number of benzene rings is 4. The second-order valence-electron chi connectivity index (χ2n) is 11.1. The molecule has 0 saturated heterocycles. The summed E-state index contributed by atoms with van der Waals surface area (Å²) in [5, 5.41) is 10.4. The van der Waals surface area contributed by atoms with Crippen LogP contribution in [-0.4, -0.2) is 68.4 Å². The maximum Gasteiger partial charge on any atom is 0.262 e. The van der Waals surface area contributed by atoms with E-state index >= 15 is 0 Å². The van der Waals surface area contributed by atoms with Gasteiger partial charge in [-0.05, 0) is 48.2 Å². The van der Waals surface area contributed by atoms with Crippen molar-refractivity contribution in [2.24, 2.45) is 0 Å². The first-order valence-electron chi connectivity index (χ1n) is 15.0.